The van der Waals surface area contributed by atoms with Gasteiger partial charge in [-0.2, -0.15) is 0 Å². The highest BCUT2D eigenvalue weighted by molar-refractivity contribution is 6.31. The molecule has 0 unspecified atom stereocenters. The van der Waals surface area contributed by atoms with Crippen LogP contribution in [0.5, 0.6) is 5.75 Å². The molecule has 20 heavy (non-hydrogen) atoms. The lowest BCUT2D eigenvalue weighted by Gasteiger charge is -2.09. The number of aryl methyl sites for hydroxylation is 1. The van der Waals surface area contributed by atoms with Crippen molar-refractivity contribution in [2.45, 2.75) is 13.5 Å². The number of hydrogen-bond acceptors (Lipinski definition) is 3. The van der Waals surface area contributed by atoms with E-state index in [-0.39, 0.29) is 22.9 Å². The Bertz CT molecular complexity index is 661. The smallest absolute Gasteiger partial charge is 0.277 e. The molecular weight excluding hydrogens is 285 g/mol. The Morgan fingerprint density at radius 2 is 2.10 bits per heavy atom. The summed E-state index contributed by atoms with van der Waals surface area (Å²) in [7, 11) is 0. The second-order valence-corrected chi connectivity index (χ2v) is 4.60. The van der Waals surface area contributed by atoms with Crippen molar-refractivity contribution in [1.82, 2.24) is 0 Å². The molecule has 0 radical (unpaired) electrons. The van der Waals surface area contributed by atoms with Gasteiger partial charge in [0, 0.05) is 12.1 Å². The van der Waals surface area contributed by atoms with Gasteiger partial charge in [0.1, 0.15) is 18.2 Å². The van der Waals surface area contributed by atoms with Crippen molar-refractivity contribution >= 4 is 17.3 Å². The molecule has 0 fully saturated rings. The molecule has 104 valence electrons. The summed E-state index contributed by atoms with van der Waals surface area (Å²) in [5.74, 6) is -0.0986. The van der Waals surface area contributed by atoms with Crippen LogP contribution in [0.25, 0.3) is 0 Å². The van der Waals surface area contributed by atoms with Crippen LogP contribution in [0.15, 0.2) is 36.4 Å². The lowest BCUT2D eigenvalue weighted by Crippen LogP contribution is -2.02. The van der Waals surface area contributed by atoms with Gasteiger partial charge in [-0.25, -0.2) is 4.39 Å². The SMILES string of the molecule is Cc1ccc(OCc2c(Cl)cccc2[N+](=O)[O-])cc1F. The molecule has 2 aromatic rings. The Morgan fingerprint density at radius 3 is 2.75 bits per heavy atom. The molecule has 2 rings (SSSR count). The largest absolute Gasteiger partial charge is 0.488 e. The van der Waals surface area contributed by atoms with Crippen molar-refractivity contribution in [1.29, 1.82) is 0 Å². The molecule has 0 saturated carbocycles. The fourth-order valence-corrected chi connectivity index (χ4v) is 1.90. The number of rotatable bonds is 4. The Morgan fingerprint density at radius 1 is 1.35 bits per heavy atom. The van der Waals surface area contributed by atoms with Crippen molar-refractivity contribution in [3.05, 3.63) is 68.5 Å². The predicted molar refractivity (Wildman–Crippen MR) is 73.6 cm³/mol. The Kier molecular flexibility index (Phi) is 4.20. The van der Waals surface area contributed by atoms with E-state index in [9.17, 15) is 14.5 Å². The molecule has 0 aliphatic rings. The normalized spacial score (nSPS) is 10.3. The summed E-state index contributed by atoms with van der Waals surface area (Å²) in [6.07, 6.45) is 0. The second-order valence-electron chi connectivity index (χ2n) is 4.19. The minimum absolute atomic E-state index is 0.0987. The van der Waals surface area contributed by atoms with Crippen LogP contribution in [0.2, 0.25) is 5.02 Å². The zero-order valence-corrected chi connectivity index (χ0v) is 11.4. The van der Waals surface area contributed by atoms with E-state index < -0.39 is 10.7 Å². The molecule has 0 N–H and O–H groups in total. The lowest BCUT2D eigenvalue weighted by molar-refractivity contribution is -0.385. The second kappa shape index (κ2) is 5.88. The van der Waals surface area contributed by atoms with Gasteiger partial charge in [0.15, 0.2) is 0 Å². The first-order valence-corrected chi connectivity index (χ1v) is 6.17. The van der Waals surface area contributed by atoms with E-state index in [4.69, 9.17) is 16.3 Å². The minimum atomic E-state index is -0.527. The van der Waals surface area contributed by atoms with Gasteiger partial charge >= 0.3 is 0 Å². The summed E-state index contributed by atoms with van der Waals surface area (Å²) < 4.78 is 18.7. The van der Waals surface area contributed by atoms with E-state index in [0.717, 1.165) is 0 Å². The summed E-state index contributed by atoms with van der Waals surface area (Å²) in [6, 6.07) is 8.80. The standard InChI is InChI=1S/C14H11ClFNO3/c1-9-5-6-10(7-13(9)16)20-8-11-12(15)3-2-4-14(11)17(18)19/h2-7H,8H2,1H3. The highest BCUT2D eigenvalue weighted by Gasteiger charge is 2.17. The van der Waals surface area contributed by atoms with E-state index >= 15 is 0 Å². The van der Waals surface area contributed by atoms with Crippen LogP contribution in [0.1, 0.15) is 11.1 Å². The van der Waals surface area contributed by atoms with Crippen LogP contribution in [0.3, 0.4) is 0 Å². The number of nitro groups is 1. The zero-order valence-electron chi connectivity index (χ0n) is 10.6. The van der Waals surface area contributed by atoms with Crippen LogP contribution in [-0.4, -0.2) is 4.92 Å². The van der Waals surface area contributed by atoms with Crippen molar-refractivity contribution in [3.8, 4) is 5.75 Å². The van der Waals surface area contributed by atoms with E-state index in [1.165, 1.54) is 18.2 Å². The third kappa shape index (κ3) is 3.05. The average Bonchev–Trinajstić information content (AvgIpc) is 2.40. The van der Waals surface area contributed by atoms with Crippen molar-refractivity contribution in [2.24, 2.45) is 0 Å². The molecular formula is C14H11ClFNO3. The quantitative estimate of drug-likeness (QED) is 0.625. The van der Waals surface area contributed by atoms with Crippen molar-refractivity contribution in [2.75, 3.05) is 0 Å². The summed E-state index contributed by atoms with van der Waals surface area (Å²) in [4.78, 5) is 10.4. The third-order valence-corrected chi connectivity index (χ3v) is 3.17. The first-order valence-electron chi connectivity index (χ1n) is 5.80. The Labute approximate surface area is 119 Å². The van der Waals surface area contributed by atoms with E-state index in [1.54, 1.807) is 25.1 Å². The maximum absolute atomic E-state index is 13.4. The first kappa shape index (κ1) is 14.3. The van der Waals surface area contributed by atoms with Gasteiger partial charge in [0.25, 0.3) is 5.69 Å². The third-order valence-electron chi connectivity index (χ3n) is 2.82. The predicted octanol–water partition coefficient (Wildman–Crippen LogP) is 4.27. The van der Waals surface area contributed by atoms with Gasteiger partial charge in [0.05, 0.1) is 15.5 Å². The maximum Gasteiger partial charge on any atom is 0.277 e. The van der Waals surface area contributed by atoms with Gasteiger partial charge in [0.2, 0.25) is 0 Å². The molecule has 6 heteroatoms. The summed E-state index contributed by atoms with van der Waals surface area (Å²) >= 11 is 5.94. The molecule has 4 nitrogen and oxygen atoms in total. The fourth-order valence-electron chi connectivity index (χ4n) is 1.68. The van der Waals surface area contributed by atoms with Crippen LogP contribution < -0.4 is 4.74 Å². The van der Waals surface area contributed by atoms with E-state index in [0.29, 0.717) is 11.3 Å². The highest BCUT2D eigenvalue weighted by atomic mass is 35.5. The first-order chi connectivity index (χ1) is 9.49. The van der Waals surface area contributed by atoms with Crippen LogP contribution in [-0.2, 0) is 6.61 Å². The zero-order chi connectivity index (χ0) is 14.7. The molecule has 0 atom stereocenters. The lowest BCUT2D eigenvalue weighted by atomic mass is 10.2. The fraction of sp³-hybridized carbons (Fsp3) is 0.143. The minimum Gasteiger partial charge on any atom is -0.488 e. The Hall–Kier alpha value is -2.14. The molecule has 0 heterocycles. The molecule has 0 saturated heterocycles. The van der Waals surface area contributed by atoms with Gasteiger partial charge in [-0.3, -0.25) is 10.1 Å². The highest BCUT2D eigenvalue weighted by Crippen LogP contribution is 2.28. The summed E-state index contributed by atoms with van der Waals surface area (Å²) in [6.45, 7) is 1.54. The molecule has 0 aromatic heterocycles. The van der Waals surface area contributed by atoms with Crippen LogP contribution in [0, 0.1) is 22.9 Å². The van der Waals surface area contributed by atoms with Crippen LogP contribution in [0.4, 0.5) is 10.1 Å². The number of hydrogen-bond donors (Lipinski definition) is 0. The van der Waals surface area contributed by atoms with Gasteiger partial charge in [-0.1, -0.05) is 23.7 Å². The maximum atomic E-state index is 13.4. The molecule has 0 bridgehead atoms. The summed E-state index contributed by atoms with van der Waals surface area (Å²) in [5.41, 5.74) is 0.645. The van der Waals surface area contributed by atoms with E-state index in [1.807, 2.05) is 0 Å². The average molecular weight is 296 g/mol. The van der Waals surface area contributed by atoms with Crippen molar-refractivity contribution < 1.29 is 14.1 Å². The number of nitro benzene ring substituents is 1. The molecule has 0 aliphatic heterocycles. The summed E-state index contributed by atoms with van der Waals surface area (Å²) in [5, 5.41) is 11.2. The number of ether oxygens (including phenoxy) is 1. The van der Waals surface area contributed by atoms with Gasteiger partial charge in [-0.15, -0.1) is 0 Å². The van der Waals surface area contributed by atoms with Gasteiger partial charge < -0.3 is 4.74 Å². The molecule has 0 spiro atoms. The monoisotopic (exact) mass is 295 g/mol. The molecule has 0 amide bonds. The van der Waals surface area contributed by atoms with Gasteiger partial charge in [-0.05, 0) is 24.6 Å². The number of nitrogens with zero attached hydrogens (tertiary/aromatic N) is 1. The number of benzene rings is 2. The van der Waals surface area contributed by atoms with Crippen molar-refractivity contribution in [3.63, 3.8) is 0 Å². The molecule has 2 aromatic carbocycles. The number of halogens is 2. The topological polar surface area (TPSA) is 52.4 Å². The molecule has 0 aliphatic carbocycles. The van der Waals surface area contributed by atoms with E-state index in [2.05, 4.69) is 0 Å². The Balaban J connectivity index is 2.22. The van der Waals surface area contributed by atoms with Crippen LogP contribution >= 0.6 is 11.6 Å².